The van der Waals surface area contributed by atoms with E-state index in [0.717, 1.165) is 19.5 Å². The van der Waals surface area contributed by atoms with Crippen molar-refractivity contribution in [2.75, 3.05) is 44.7 Å². The Morgan fingerprint density at radius 3 is 2.32 bits per heavy atom. The molecule has 4 rings (SSSR count). The highest BCUT2D eigenvalue weighted by atomic mass is 19.1. The Morgan fingerprint density at radius 1 is 1.00 bits per heavy atom. The van der Waals surface area contributed by atoms with E-state index in [1.54, 1.807) is 41.3 Å². The van der Waals surface area contributed by atoms with Gasteiger partial charge in [-0.1, -0.05) is 0 Å². The third-order valence-electron chi connectivity index (χ3n) is 5.51. The van der Waals surface area contributed by atoms with Gasteiger partial charge < -0.3 is 19.7 Å². The van der Waals surface area contributed by atoms with Crippen molar-refractivity contribution < 1.29 is 23.5 Å². The summed E-state index contributed by atoms with van der Waals surface area (Å²) in [6.45, 7) is 3.68. The largest absolute Gasteiger partial charge is 0.457 e. The number of carbonyl (C=O) groups excluding carboxylic acids is 2. The fourth-order valence-corrected chi connectivity index (χ4v) is 3.85. The van der Waals surface area contributed by atoms with Crippen LogP contribution in [0.25, 0.3) is 0 Å². The first-order valence-corrected chi connectivity index (χ1v) is 10.5. The highest BCUT2D eigenvalue weighted by molar-refractivity contribution is 5.97. The number of hydrogen-bond donors (Lipinski definition) is 1. The van der Waals surface area contributed by atoms with E-state index < -0.39 is 6.04 Å². The molecule has 2 aromatic carbocycles. The van der Waals surface area contributed by atoms with Crippen LogP contribution in [-0.2, 0) is 14.3 Å². The average Bonchev–Trinajstić information content (AvgIpc) is 3.28. The van der Waals surface area contributed by atoms with E-state index in [2.05, 4.69) is 10.2 Å². The van der Waals surface area contributed by atoms with E-state index in [1.807, 2.05) is 0 Å². The van der Waals surface area contributed by atoms with Crippen LogP contribution in [0, 0.1) is 5.82 Å². The third-order valence-corrected chi connectivity index (χ3v) is 5.51. The van der Waals surface area contributed by atoms with Gasteiger partial charge in [0.05, 0.1) is 19.8 Å². The predicted molar refractivity (Wildman–Crippen MR) is 114 cm³/mol. The van der Waals surface area contributed by atoms with Crippen LogP contribution in [0.4, 0.5) is 10.1 Å². The molecule has 2 saturated heterocycles. The Morgan fingerprint density at radius 2 is 1.65 bits per heavy atom. The zero-order chi connectivity index (χ0) is 21.6. The van der Waals surface area contributed by atoms with Crippen molar-refractivity contribution >= 4 is 17.5 Å². The number of benzene rings is 2. The monoisotopic (exact) mass is 427 g/mol. The maximum atomic E-state index is 13.0. The second-order valence-electron chi connectivity index (χ2n) is 7.70. The van der Waals surface area contributed by atoms with Crippen molar-refractivity contribution in [3.8, 4) is 11.5 Å². The highest BCUT2D eigenvalue weighted by Crippen LogP contribution is 2.24. The minimum atomic E-state index is -0.455. The lowest BCUT2D eigenvalue weighted by Gasteiger charge is -2.30. The molecule has 2 amide bonds. The Kier molecular flexibility index (Phi) is 6.79. The first-order valence-electron chi connectivity index (χ1n) is 10.5. The summed E-state index contributed by atoms with van der Waals surface area (Å²) in [5.74, 6) is 0.587. The highest BCUT2D eigenvalue weighted by Gasteiger charge is 2.34. The smallest absolute Gasteiger partial charge is 0.247 e. The number of anilines is 1. The number of ether oxygens (including phenoxy) is 2. The summed E-state index contributed by atoms with van der Waals surface area (Å²) in [6, 6.07) is 12.3. The van der Waals surface area contributed by atoms with Gasteiger partial charge in [0.2, 0.25) is 11.8 Å². The molecule has 1 atom stereocenters. The van der Waals surface area contributed by atoms with Crippen LogP contribution in [0.1, 0.15) is 12.8 Å². The quantitative estimate of drug-likeness (QED) is 0.768. The molecule has 1 unspecified atom stereocenters. The molecular weight excluding hydrogens is 401 g/mol. The number of nitrogens with one attached hydrogen (secondary N) is 1. The van der Waals surface area contributed by atoms with Gasteiger partial charge in [0.15, 0.2) is 0 Å². The van der Waals surface area contributed by atoms with Crippen molar-refractivity contribution in [1.29, 1.82) is 0 Å². The standard InChI is InChI=1S/C23H26FN3O4/c24-17-3-7-19(8-4-17)31-20-9-5-18(6-10-20)25-23(29)21-2-1-11-27(21)22(28)16-26-12-14-30-15-13-26/h3-10,21H,1-2,11-16H2,(H,25,29). The summed E-state index contributed by atoms with van der Waals surface area (Å²) < 4.78 is 24.0. The number of amides is 2. The summed E-state index contributed by atoms with van der Waals surface area (Å²) in [5.41, 5.74) is 0.629. The second-order valence-corrected chi connectivity index (χ2v) is 7.70. The molecule has 7 nitrogen and oxygen atoms in total. The van der Waals surface area contributed by atoms with Crippen molar-refractivity contribution in [3.05, 3.63) is 54.3 Å². The summed E-state index contributed by atoms with van der Waals surface area (Å²) in [4.78, 5) is 29.3. The molecule has 0 spiro atoms. The van der Waals surface area contributed by atoms with E-state index >= 15 is 0 Å². The van der Waals surface area contributed by atoms with E-state index in [4.69, 9.17) is 9.47 Å². The second kappa shape index (κ2) is 9.89. The number of hydrogen-bond acceptors (Lipinski definition) is 5. The summed E-state index contributed by atoms with van der Waals surface area (Å²) in [7, 11) is 0. The lowest BCUT2D eigenvalue weighted by Crippen LogP contribution is -2.49. The molecule has 0 bridgehead atoms. The van der Waals surface area contributed by atoms with Crippen molar-refractivity contribution in [3.63, 3.8) is 0 Å². The van der Waals surface area contributed by atoms with Crippen molar-refractivity contribution in [2.24, 2.45) is 0 Å². The molecule has 2 fully saturated rings. The van der Waals surface area contributed by atoms with E-state index in [-0.39, 0.29) is 17.6 Å². The first-order chi connectivity index (χ1) is 15.1. The molecule has 0 radical (unpaired) electrons. The van der Waals surface area contributed by atoms with Crippen molar-refractivity contribution in [2.45, 2.75) is 18.9 Å². The molecule has 2 aliphatic rings. The SMILES string of the molecule is O=C(Nc1ccc(Oc2ccc(F)cc2)cc1)C1CCCN1C(=O)CN1CCOCC1. The van der Waals surface area contributed by atoms with E-state index in [1.165, 1.54) is 12.1 Å². The van der Waals surface area contributed by atoms with Gasteiger partial charge in [0.25, 0.3) is 0 Å². The number of likely N-dealkylation sites (tertiary alicyclic amines) is 1. The van der Waals surface area contributed by atoms with E-state index in [9.17, 15) is 14.0 Å². The summed E-state index contributed by atoms with van der Waals surface area (Å²) in [6.07, 6.45) is 1.48. The zero-order valence-electron chi connectivity index (χ0n) is 17.3. The number of nitrogens with zero attached hydrogens (tertiary/aromatic N) is 2. The van der Waals surface area contributed by atoms with E-state index in [0.29, 0.717) is 49.9 Å². The summed E-state index contributed by atoms with van der Waals surface area (Å²) >= 11 is 0. The van der Waals surface area contributed by atoms with Crippen LogP contribution in [0.2, 0.25) is 0 Å². The van der Waals surface area contributed by atoms with Crippen LogP contribution >= 0.6 is 0 Å². The molecule has 164 valence electrons. The minimum absolute atomic E-state index is 0.0115. The van der Waals surface area contributed by atoms with Crippen LogP contribution < -0.4 is 10.1 Å². The molecule has 2 aromatic rings. The maximum absolute atomic E-state index is 13.0. The number of morpholine rings is 1. The van der Waals surface area contributed by atoms with Gasteiger partial charge in [-0.2, -0.15) is 0 Å². The van der Waals surface area contributed by atoms with Gasteiger partial charge >= 0.3 is 0 Å². The van der Waals surface area contributed by atoms with Gasteiger partial charge in [-0.05, 0) is 61.4 Å². The van der Waals surface area contributed by atoms with Crippen LogP contribution in [-0.4, -0.2) is 67.0 Å². The lowest BCUT2D eigenvalue weighted by molar-refractivity contribution is -0.138. The Hall–Kier alpha value is -2.97. The molecule has 0 aromatic heterocycles. The van der Waals surface area contributed by atoms with Crippen LogP contribution in [0.3, 0.4) is 0 Å². The van der Waals surface area contributed by atoms with Crippen LogP contribution in [0.15, 0.2) is 48.5 Å². The molecule has 2 heterocycles. The topological polar surface area (TPSA) is 71.1 Å². The summed E-state index contributed by atoms with van der Waals surface area (Å²) in [5, 5.41) is 2.90. The van der Waals surface area contributed by atoms with Gasteiger partial charge in [-0.15, -0.1) is 0 Å². The van der Waals surface area contributed by atoms with Crippen molar-refractivity contribution in [1.82, 2.24) is 9.80 Å². The number of carbonyl (C=O) groups is 2. The molecule has 2 aliphatic heterocycles. The molecule has 0 aliphatic carbocycles. The number of halogens is 1. The van der Waals surface area contributed by atoms with Gasteiger partial charge in [0, 0.05) is 25.3 Å². The zero-order valence-corrected chi connectivity index (χ0v) is 17.3. The molecule has 31 heavy (non-hydrogen) atoms. The minimum Gasteiger partial charge on any atom is -0.457 e. The van der Waals surface area contributed by atoms with Crippen LogP contribution in [0.5, 0.6) is 11.5 Å². The molecule has 0 saturated carbocycles. The number of rotatable bonds is 6. The average molecular weight is 427 g/mol. The maximum Gasteiger partial charge on any atom is 0.247 e. The lowest BCUT2D eigenvalue weighted by atomic mass is 10.2. The molecular formula is C23H26FN3O4. The normalized spacial score (nSPS) is 19.3. The Balaban J connectivity index is 1.32. The fourth-order valence-electron chi connectivity index (χ4n) is 3.85. The third kappa shape index (κ3) is 5.59. The first kappa shape index (κ1) is 21.3. The Labute approximate surface area is 180 Å². The molecule has 1 N–H and O–H groups in total. The van der Waals surface area contributed by atoms with Gasteiger partial charge in [-0.3, -0.25) is 14.5 Å². The Bertz CT molecular complexity index is 898. The predicted octanol–water partition coefficient (Wildman–Crippen LogP) is 2.88. The fraction of sp³-hybridized carbons (Fsp3) is 0.391. The van der Waals surface area contributed by atoms with Gasteiger partial charge in [-0.25, -0.2) is 4.39 Å². The molecule has 8 heteroatoms. The van der Waals surface area contributed by atoms with Gasteiger partial charge in [0.1, 0.15) is 23.4 Å².